The number of phenolic OH excluding ortho intramolecular Hbond substituents is 1. The van der Waals surface area contributed by atoms with Gasteiger partial charge in [0.15, 0.2) is 0 Å². The Morgan fingerprint density at radius 2 is 1.85 bits per heavy atom. The van der Waals surface area contributed by atoms with Crippen LogP contribution in [-0.2, 0) is 9.59 Å². The van der Waals surface area contributed by atoms with Gasteiger partial charge in [-0.15, -0.1) is 0 Å². The number of anilines is 1. The quantitative estimate of drug-likeness (QED) is 0.322. The summed E-state index contributed by atoms with van der Waals surface area (Å²) in [6.45, 7) is 5.81. The molecule has 2 heterocycles. The molecule has 1 aliphatic rings. The lowest BCUT2D eigenvalue weighted by atomic mass is 9.91. The average molecular weight is 459 g/mol. The van der Waals surface area contributed by atoms with Crippen molar-refractivity contribution in [3.8, 4) is 11.5 Å². The SMILES string of the molecule is COc1cc(C)c(/C(O)=C2\C(=O)C(=O)N(c3ccccc3O)C2c2cccnc2)cc1C(C)C. The number of aliphatic hydroxyl groups is 1. The molecule has 2 N–H and O–H groups in total. The Kier molecular flexibility index (Phi) is 6.11. The number of aryl methyl sites for hydroxylation is 1. The third-order valence-electron chi connectivity index (χ3n) is 6.04. The number of ketones is 1. The Morgan fingerprint density at radius 3 is 2.47 bits per heavy atom. The number of carbonyl (C=O) groups is 2. The molecule has 1 aliphatic heterocycles. The van der Waals surface area contributed by atoms with Crippen LogP contribution in [-0.4, -0.2) is 34.0 Å². The number of methoxy groups -OCH3 is 1. The van der Waals surface area contributed by atoms with E-state index in [2.05, 4.69) is 4.98 Å². The van der Waals surface area contributed by atoms with Crippen molar-refractivity contribution in [2.45, 2.75) is 32.7 Å². The zero-order chi connectivity index (χ0) is 24.6. The maximum atomic E-state index is 13.3. The number of aliphatic hydroxyl groups excluding tert-OH is 1. The number of Topliss-reactive ketones (excluding diaryl/α,β-unsaturated/α-hetero) is 1. The molecule has 1 aromatic heterocycles. The Bertz CT molecular complexity index is 1300. The molecule has 34 heavy (non-hydrogen) atoms. The molecule has 4 rings (SSSR count). The lowest BCUT2D eigenvalue weighted by Gasteiger charge is -2.26. The largest absolute Gasteiger partial charge is 0.507 e. The van der Waals surface area contributed by atoms with Crippen LogP contribution in [0.2, 0.25) is 0 Å². The van der Waals surface area contributed by atoms with Gasteiger partial charge in [0, 0.05) is 18.0 Å². The Labute approximate surface area is 198 Å². The molecular formula is C27H26N2O5. The van der Waals surface area contributed by atoms with Crippen molar-refractivity contribution in [2.75, 3.05) is 12.0 Å². The summed E-state index contributed by atoms with van der Waals surface area (Å²) in [6.07, 6.45) is 3.12. The highest BCUT2D eigenvalue weighted by Gasteiger charge is 2.48. The second-order valence-electron chi connectivity index (χ2n) is 8.51. The first-order valence-corrected chi connectivity index (χ1v) is 10.9. The molecule has 7 heteroatoms. The van der Waals surface area contributed by atoms with Crippen LogP contribution in [0.1, 0.15) is 48.1 Å². The number of aromatic hydroxyl groups is 1. The number of nitrogens with zero attached hydrogens (tertiary/aromatic N) is 2. The third-order valence-corrected chi connectivity index (χ3v) is 6.04. The topological polar surface area (TPSA) is 100.0 Å². The number of phenols is 1. The predicted molar refractivity (Wildman–Crippen MR) is 129 cm³/mol. The zero-order valence-corrected chi connectivity index (χ0v) is 19.4. The maximum Gasteiger partial charge on any atom is 0.300 e. The number of carbonyl (C=O) groups excluding carboxylic acids is 2. The second kappa shape index (κ2) is 9.02. The fraction of sp³-hybridized carbons (Fsp3) is 0.222. The van der Waals surface area contributed by atoms with Gasteiger partial charge in [-0.3, -0.25) is 19.5 Å². The van der Waals surface area contributed by atoms with Crippen LogP contribution in [0, 0.1) is 6.92 Å². The number of pyridine rings is 1. The molecule has 0 bridgehead atoms. The van der Waals surface area contributed by atoms with Crippen molar-refractivity contribution in [3.05, 3.63) is 88.8 Å². The molecule has 3 aromatic rings. The number of para-hydroxylation sites is 2. The Hall–Kier alpha value is -4.13. The normalized spacial score (nSPS) is 17.4. The van der Waals surface area contributed by atoms with E-state index in [-0.39, 0.29) is 28.7 Å². The molecule has 1 amide bonds. The number of amides is 1. The minimum absolute atomic E-state index is 0.0655. The molecule has 1 unspecified atom stereocenters. The zero-order valence-electron chi connectivity index (χ0n) is 19.4. The molecule has 0 saturated carbocycles. The van der Waals surface area contributed by atoms with Gasteiger partial charge in [-0.1, -0.05) is 32.0 Å². The minimum Gasteiger partial charge on any atom is -0.507 e. The van der Waals surface area contributed by atoms with E-state index in [0.717, 1.165) is 5.56 Å². The smallest absolute Gasteiger partial charge is 0.300 e. The first kappa shape index (κ1) is 23.0. The van der Waals surface area contributed by atoms with Gasteiger partial charge in [0.05, 0.1) is 24.4 Å². The van der Waals surface area contributed by atoms with Gasteiger partial charge >= 0.3 is 0 Å². The number of aromatic nitrogens is 1. The van der Waals surface area contributed by atoms with Crippen molar-refractivity contribution in [2.24, 2.45) is 0 Å². The molecule has 2 aromatic carbocycles. The third kappa shape index (κ3) is 3.79. The van der Waals surface area contributed by atoms with Gasteiger partial charge in [-0.05, 0) is 59.9 Å². The highest BCUT2D eigenvalue weighted by molar-refractivity contribution is 6.52. The van der Waals surface area contributed by atoms with Gasteiger partial charge in [-0.2, -0.15) is 0 Å². The first-order chi connectivity index (χ1) is 16.3. The van der Waals surface area contributed by atoms with Crippen LogP contribution in [0.25, 0.3) is 5.76 Å². The molecule has 1 atom stereocenters. The maximum absolute atomic E-state index is 13.3. The van der Waals surface area contributed by atoms with Crippen LogP contribution < -0.4 is 9.64 Å². The molecule has 0 aliphatic carbocycles. The summed E-state index contributed by atoms with van der Waals surface area (Å²) in [5.74, 6) is -1.33. The van der Waals surface area contributed by atoms with Crippen LogP contribution in [0.3, 0.4) is 0 Å². The summed E-state index contributed by atoms with van der Waals surface area (Å²) in [4.78, 5) is 31.9. The van der Waals surface area contributed by atoms with Gasteiger partial charge in [0.1, 0.15) is 17.3 Å². The highest BCUT2D eigenvalue weighted by atomic mass is 16.5. The summed E-state index contributed by atoms with van der Waals surface area (Å²) < 4.78 is 5.50. The molecule has 174 valence electrons. The monoisotopic (exact) mass is 458 g/mol. The fourth-order valence-electron chi connectivity index (χ4n) is 4.33. The summed E-state index contributed by atoms with van der Waals surface area (Å²) in [7, 11) is 1.58. The Balaban J connectivity index is 1.99. The van der Waals surface area contributed by atoms with Crippen molar-refractivity contribution in [3.63, 3.8) is 0 Å². The predicted octanol–water partition coefficient (Wildman–Crippen LogP) is 4.85. The molecule has 1 saturated heterocycles. The van der Waals surface area contributed by atoms with Crippen molar-refractivity contribution in [1.29, 1.82) is 0 Å². The van der Waals surface area contributed by atoms with Crippen LogP contribution in [0.5, 0.6) is 11.5 Å². The van der Waals surface area contributed by atoms with Crippen LogP contribution in [0.15, 0.2) is 66.5 Å². The standard InChI is InChI=1S/C27H26N2O5/c1-15(2)18-13-19(16(3)12-22(18)34-4)25(31)23-24(17-8-7-11-28-14-17)29(27(33)26(23)32)20-9-5-6-10-21(20)30/h5-15,24,30-31H,1-4H3/b25-23+. The van der Waals surface area contributed by atoms with E-state index in [0.29, 0.717) is 22.4 Å². The molecule has 1 fully saturated rings. The van der Waals surface area contributed by atoms with E-state index in [1.807, 2.05) is 19.9 Å². The van der Waals surface area contributed by atoms with E-state index < -0.39 is 17.7 Å². The van der Waals surface area contributed by atoms with Crippen LogP contribution >= 0.6 is 0 Å². The van der Waals surface area contributed by atoms with Crippen molar-refractivity contribution >= 4 is 23.1 Å². The number of rotatable bonds is 5. The van der Waals surface area contributed by atoms with Gasteiger partial charge < -0.3 is 14.9 Å². The number of hydrogen-bond acceptors (Lipinski definition) is 6. The average Bonchev–Trinajstić information content (AvgIpc) is 3.09. The minimum atomic E-state index is -0.967. The highest BCUT2D eigenvalue weighted by Crippen LogP contribution is 2.45. The summed E-state index contributed by atoms with van der Waals surface area (Å²) in [6, 6.07) is 12.3. The summed E-state index contributed by atoms with van der Waals surface area (Å²) >= 11 is 0. The number of ether oxygens (including phenoxy) is 1. The molecular weight excluding hydrogens is 432 g/mol. The van der Waals surface area contributed by atoms with Gasteiger partial charge in [0.25, 0.3) is 11.7 Å². The second-order valence-corrected chi connectivity index (χ2v) is 8.51. The fourth-order valence-corrected chi connectivity index (χ4v) is 4.33. The first-order valence-electron chi connectivity index (χ1n) is 10.9. The molecule has 0 spiro atoms. The van der Waals surface area contributed by atoms with Gasteiger partial charge in [-0.25, -0.2) is 0 Å². The van der Waals surface area contributed by atoms with Gasteiger partial charge in [0.2, 0.25) is 0 Å². The molecule has 7 nitrogen and oxygen atoms in total. The van der Waals surface area contributed by atoms with E-state index in [4.69, 9.17) is 4.74 Å². The van der Waals surface area contributed by atoms with E-state index in [9.17, 15) is 19.8 Å². The van der Waals surface area contributed by atoms with Crippen molar-refractivity contribution in [1.82, 2.24) is 4.98 Å². The summed E-state index contributed by atoms with van der Waals surface area (Å²) in [5.41, 5.74) is 2.63. The van der Waals surface area contributed by atoms with E-state index in [1.54, 1.807) is 56.6 Å². The molecule has 0 radical (unpaired) electrons. The van der Waals surface area contributed by atoms with E-state index in [1.165, 1.54) is 17.2 Å². The van der Waals surface area contributed by atoms with Crippen LogP contribution in [0.4, 0.5) is 5.69 Å². The summed E-state index contributed by atoms with van der Waals surface area (Å²) in [5, 5.41) is 21.9. The number of benzene rings is 2. The Morgan fingerprint density at radius 1 is 1.12 bits per heavy atom. The lowest BCUT2D eigenvalue weighted by Crippen LogP contribution is -2.29. The number of hydrogen-bond donors (Lipinski definition) is 2. The lowest BCUT2D eigenvalue weighted by molar-refractivity contribution is -0.132. The van der Waals surface area contributed by atoms with Crippen molar-refractivity contribution < 1.29 is 24.5 Å². The van der Waals surface area contributed by atoms with E-state index >= 15 is 0 Å².